The molecule has 0 saturated heterocycles. The Morgan fingerprint density at radius 2 is 2.00 bits per heavy atom. The third-order valence-corrected chi connectivity index (χ3v) is 3.59. The summed E-state index contributed by atoms with van der Waals surface area (Å²) in [5, 5.41) is 0.782. The smallest absolute Gasteiger partial charge is 0.0493 e. The van der Waals surface area contributed by atoms with Gasteiger partial charge in [0.25, 0.3) is 0 Å². The first-order valence-electron chi connectivity index (χ1n) is 6.08. The predicted molar refractivity (Wildman–Crippen MR) is 75.9 cm³/mol. The van der Waals surface area contributed by atoms with E-state index in [9.17, 15) is 0 Å². The van der Waals surface area contributed by atoms with E-state index in [0.29, 0.717) is 0 Å². The maximum Gasteiger partial charge on any atom is 0.0493 e. The molecule has 0 unspecified atom stereocenters. The van der Waals surface area contributed by atoms with E-state index in [0.717, 1.165) is 18.1 Å². The number of benzene rings is 2. The number of nitrogens with zero attached hydrogens (tertiary/aromatic N) is 1. The summed E-state index contributed by atoms with van der Waals surface area (Å²) in [6.07, 6.45) is 0. The summed E-state index contributed by atoms with van der Waals surface area (Å²) in [5.41, 5.74) is 9.84. The zero-order valence-corrected chi connectivity index (χ0v) is 10.8. The monoisotopic (exact) mass is 258 g/mol. The van der Waals surface area contributed by atoms with E-state index in [1.165, 1.54) is 16.8 Å². The third-order valence-electron chi connectivity index (χ3n) is 3.36. The van der Waals surface area contributed by atoms with Crippen molar-refractivity contribution >= 4 is 17.3 Å². The van der Waals surface area contributed by atoms with Crippen LogP contribution in [0.15, 0.2) is 48.5 Å². The standard InChI is InChI=1S/C15H15ClN2/c16-12-5-3-4-11(8-12)9-18-10-14(17)13-6-1-2-7-15(13)18/h1-8,14H,9-10,17H2/t14-/m1/s1. The molecule has 0 aliphatic carbocycles. The quantitative estimate of drug-likeness (QED) is 0.895. The maximum atomic E-state index is 6.15. The summed E-state index contributed by atoms with van der Waals surface area (Å²) >= 11 is 6.02. The molecule has 1 aliphatic rings. The minimum absolute atomic E-state index is 0.111. The summed E-state index contributed by atoms with van der Waals surface area (Å²) in [4.78, 5) is 2.31. The summed E-state index contributed by atoms with van der Waals surface area (Å²) in [5.74, 6) is 0. The molecule has 0 amide bonds. The van der Waals surface area contributed by atoms with Gasteiger partial charge in [-0.25, -0.2) is 0 Å². The molecule has 18 heavy (non-hydrogen) atoms. The average molecular weight is 259 g/mol. The van der Waals surface area contributed by atoms with Crippen molar-refractivity contribution in [2.75, 3.05) is 11.4 Å². The summed E-state index contributed by atoms with van der Waals surface area (Å²) in [6.45, 7) is 1.72. The first kappa shape index (κ1) is 11.6. The highest BCUT2D eigenvalue weighted by Crippen LogP contribution is 2.34. The van der Waals surface area contributed by atoms with Gasteiger partial charge >= 0.3 is 0 Å². The van der Waals surface area contributed by atoms with Crippen LogP contribution in [0.2, 0.25) is 5.02 Å². The Labute approximate surface area is 112 Å². The first-order chi connectivity index (χ1) is 8.74. The van der Waals surface area contributed by atoms with Crippen LogP contribution >= 0.6 is 11.6 Å². The minimum Gasteiger partial charge on any atom is -0.365 e. The molecule has 2 nitrogen and oxygen atoms in total. The molecule has 0 radical (unpaired) electrons. The second-order valence-electron chi connectivity index (χ2n) is 4.68. The average Bonchev–Trinajstić information content (AvgIpc) is 2.67. The van der Waals surface area contributed by atoms with Crippen LogP contribution in [0.25, 0.3) is 0 Å². The molecule has 3 rings (SSSR count). The second kappa shape index (κ2) is 4.63. The molecule has 0 spiro atoms. The van der Waals surface area contributed by atoms with E-state index in [-0.39, 0.29) is 6.04 Å². The van der Waals surface area contributed by atoms with E-state index >= 15 is 0 Å². The number of halogens is 1. The fourth-order valence-corrected chi connectivity index (χ4v) is 2.74. The van der Waals surface area contributed by atoms with Gasteiger partial charge < -0.3 is 10.6 Å². The highest BCUT2D eigenvalue weighted by molar-refractivity contribution is 6.30. The van der Waals surface area contributed by atoms with Gasteiger partial charge in [-0.3, -0.25) is 0 Å². The lowest BCUT2D eigenvalue weighted by Gasteiger charge is -2.19. The molecular weight excluding hydrogens is 244 g/mol. The van der Waals surface area contributed by atoms with Gasteiger partial charge in [0, 0.05) is 29.8 Å². The highest BCUT2D eigenvalue weighted by Gasteiger charge is 2.25. The SMILES string of the molecule is N[C@@H]1CN(Cc2cccc(Cl)c2)c2ccccc21. The van der Waals surface area contributed by atoms with E-state index < -0.39 is 0 Å². The molecule has 3 heteroatoms. The Bertz CT molecular complexity index is 568. The van der Waals surface area contributed by atoms with Crippen molar-refractivity contribution in [3.8, 4) is 0 Å². The molecule has 1 atom stereocenters. The van der Waals surface area contributed by atoms with Crippen molar-refractivity contribution in [3.63, 3.8) is 0 Å². The van der Waals surface area contributed by atoms with Crippen molar-refractivity contribution < 1.29 is 0 Å². The van der Waals surface area contributed by atoms with Crippen LogP contribution in [0.5, 0.6) is 0 Å². The van der Waals surface area contributed by atoms with E-state index in [1.807, 2.05) is 24.3 Å². The molecule has 0 aromatic heterocycles. The highest BCUT2D eigenvalue weighted by atomic mass is 35.5. The van der Waals surface area contributed by atoms with Crippen molar-refractivity contribution in [1.82, 2.24) is 0 Å². The molecule has 1 aliphatic heterocycles. The summed E-state index contributed by atoms with van der Waals surface area (Å²) in [7, 11) is 0. The van der Waals surface area contributed by atoms with Crippen LogP contribution < -0.4 is 10.6 Å². The molecule has 2 aromatic rings. The van der Waals surface area contributed by atoms with Crippen molar-refractivity contribution in [2.45, 2.75) is 12.6 Å². The fourth-order valence-electron chi connectivity index (χ4n) is 2.53. The fraction of sp³-hybridized carbons (Fsp3) is 0.200. The Balaban J connectivity index is 1.87. The Morgan fingerprint density at radius 1 is 1.17 bits per heavy atom. The van der Waals surface area contributed by atoms with E-state index in [2.05, 4.69) is 29.2 Å². The number of hydrogen-bond acceptors (Lipinski definition) is 2. The Hall–Kier alpha value is -1.51. The lowest BCUT2D eigenvalue weighted by Crippen LogP contribution is -2.23. The lowest BCUT2D eigenvalue weighted by molar-refractivity contribution is 0.720. The molecule has 0 bridgehead atoms. The van der Waals surface area contributed by atoms with Crippen LogP contribution in [0.3, 0.4) is 0 Å². The van der Waals surface area contributed by atoms with Gasteiger partial charge in [-0.15, -0.1) is 0 Å². The zero-order valence-electron chi connectivity index (χ0n) is 10.0. The number of fused-ring (bicyclic) bond motifs is 1. The largest absolute Gasteiger partial charge is 0.365 e. The zero-order chi connectivity index (χ0) is 12.5. The molecule has 2 N–H and O–H groups in total. The van der Waals surface area contributed by atoms with Crippen LogP contribution in [0.1, 0.15) is 17.2 Å². The molecule has 92 valence electrons. The van der Waals surface area contributed by atoms with E-state index in [1.54, 1.807) is 0 Å². The van der Waals surface area contributed by atoms with Crippen molar-refractivity contribution in [2.24, 2.45) is 5.73 Å². The maximum absolute atomic E-state index is 6.15. The number of para-hydroxylation sites is 1. The van der Waals surface area contributed by atoms with Gasteiger partial charge in [-0.2, -0.15) is 0 Å². The van der Waals surface area contributed by atoms with Crippen molar-refractivity contribution in [3.05, 3.63) is 64.7 Å². The topological polar surface area (TPSA) is 29.3 Å². The second-order valence-corrected chi connectivity index (χ2v) is 5.11. The van der Waals surface area contributed by atoms with Gasteiger partial charge in [0.05, 0.1) is 0 Å². The third kappa shape index (κ3) is 2.09. The summed E-state index contributed by atoms with van der Waals surface area (Å²) in [6, 6.07) is 16.4. The summed E-state index contributed by atoms with van der Waals surface area (Å²) < 4.78 is 0. The van der Waals surface area contributed by atoms with Gasteiger partial charge in [-0.1, -0.05) is 41.9 Å². The Kier molecular flexibility index (Phi) is 2.98. The first-order valence-corrected chi connectivity index (χ1v) is 6.46. The van der Waals surface area contributed by atoms with Gasteiger partial charge in [0.15, 0.2) is 0 Å². The number of rotatable bonds is 2. The molecule has 0 saturated carbocycles. The van der Waals surface area contributed by atoms with Gasteiger partial charge in [0.1, 0.15) is 0 Å². The number of nitrogens with two attached hydrogens (primary N) is 1. The Morgan fingerprint density at radius 3 is 2.83 bits per heavy atom. The van der Waals surface area contributed by atoms with Crippen LogP contribution in [-0.2, 0) is 6.54 Å². The van der Waals surface area contributed by atoms with Gasteiger partial charge in [0.2, 0.25) is 0 Å². The normalized spacial score (nSPS) is 17.9. The number of anilines is 1. The lowest BCUT2D eigenvalue weighted by atomic mass is 10.1. The molecule has 0 fully saturated rings. The molecular formula is C15H15ClN2. The van der Waals surface area contributed by atoms with Crippen LogP contribution in [-0.4, -0.2) is 6.54 Å². The van der Waals surface area contributed by atoms with Crippen LogP contribution in [0.4, 0.5) is 5.69 Å². The van der Waals surface area contributed by atoms with Crippen molar-refractivity contribution in [1.29, 1.82) is 0 Å². The molecule has 2 aromatic carbocycles. The predicted octanol–water partition coefficient (Wildman–Crippen LogP) is 3.36. The number of hydrogen-bond donors (Lipinski definition) is 1. The van der Waals surface area contributed by atoms with Gasteiger partial charge in [-0.05, 0) is 29.3 Å². The minimum atomic E-state index is 0.111. The van der Waals surface area contributed by atoms with Crippen LogP contribution in [0, 0.1) is 0 Å². The van der Waals surface area contributed by atoms with E-state index in [4.69, 9.17) is 17.3 Å². The molecule has 1 heterocycles.